The topological polar surface area (TPSA) is 88.5 Å². The van der Waals surface area contributed by atoms with E-state index in [9.17, 15) is 9.59 Å². The van der Waals surface area contributed by atoms with Crippen LogP contribution in [-0.4, -0.2) is 39.2 Å². The number of halogens is 1. The van der Waals surface area contributed by atoms with Crippen LogP contribution in [0.2, 0.25) is 5.15 Å². The van der Waals surface area contributed by atoms with Gasteiger partial charge in [0.1, 0.15) is 11.0 Å². The number of benzene rings is 2. The summed E-state index contributed by atoms with van der Waals surface area (Å²) in [5, 5.41) is 1.46. The fraction of sp³-hybridized carbons (Fsp3) is 0.300. The van der Waals surface area contributed by atoms with Gasteiger partial charge in [-0.25, -0.2) is 15.0 Å². The number of pyridine rings is 1. The first-order chi connectivity index (χ1) is 18.9. The van der Waals surface area contributed by atoms with Gasteiger partial charge in [-0.3, -0.25) is 9.59 Å². The van der Waals surface area contributed by atoms with Gasteiger partial charge >= 0.3 is 0 Å². The summed E-state index contributed by atoms with van der Waals surface area (Å²) in [7, 11) is 1.73. The molecule has 0 radical (unpaired) electrons. The third-order valence-corrected chi connectivity index (χ3v) is 7.78. The molecule has 2 aromatic carbocycles. The number of fused-ring (bicyclic) bond motifs is 3. The molecule has 1 saturated carbocycles. The van der Waals surface area contributed by atoms with E-state index in [2.05, 4.69) is 15.0 Å². The van der Waals surface area contributed by atoms with Crippen molar-refractivity contribution in [2.75, 3.05) is 11.9 Å². The molecule has 2 aromatic heterocycles. The number of rotatable bonds is 8. The van der Waals surface area contributed by atoms with Gasteiger partial charge < -0.3 is 14.5 Å². The van der Waals surface area contributed by atoms with Crippen LogP contribution in [0.4, 0.5) is 5.69 Å². The number of carbonyl (C=O) groups excluding carboxylic acids is 2. The first-order valence-electron chi connectivity index (χ1n) is 13.0. The molecule has 198 valence electrons. The number of hydrogen-bond acceptors (Lipinski definition) is 6. The number of hydrogen-bond donors (Lipinski definition) is 0. The lowest BCUT2D eigenvalue weighted by molar-refractivity contribution is -0.117. The highest BCUT2D eigenvalue weighted by molar-refractivity contribution is 6.30. The lowest BCUT2D eigenvalue weighted by Crippen LogP contribution is -2.31. The van der Waals surface area contributed by atoms with E-state index in [1.165, 1.54) is 0 Å². The summed E-state index contributed by atoms with van der Waals surface area (Å²) in [6.07, 6.45) is 6.23. The zero-order valence-corrected chi connectivity index (χ0v) is 22.6. The lowest BCUT2D eigenvalue weighted by Gasteiger charge is -2.26. The van der Waals surface area contributed by atoms with Crippen LogP contribution in [0.1, 0.15) is 62.8 Å². The molecule has 1 fully saturated rings. The van der Waals surface area contributed by atoms with Crippen LogP contribution >= 0.6 is 11.6 Å². The predicted molar refractivity (Wildman–Crippen MR) is 148 cm³/mol. The zero-order chi connectivity index (χ0) is 27.1. The molecule has 3 heterocycles. The highest BCUT2D eigenvalue weighted by atomic mass is 35.5. The van der Waals surface area contributed by atoms with Gasteiger partial charge in [0.15, 0.2) is 0 Å². The summed E-state index contributed by atoms with van der Waals surface area (Å²) in [4.78, 5) is 42.2. The van der Waals surface area contributed by atoms with Crippen molar-refractivity contribution in [3.63, 3.8) is 0 Å². The fourth-order valence-electron chi connectivity index (χ4n) is 5.10. The standard InChI is InChI=1S/C30H28ClN5O3/c1-18-21(14-35(2)17-37)4-3-5-27(18)36(30(38)22-11-32-29(33-12-22)20-7-8-20)13-19-6-9-23-24-15-39-16-25(24)28(31)34-26(23)10-19/h3-6,9-12,17,20H,7-8,13-16H2,1-2H3. The molecule has 4 aromatic rings. The highest BCUT2D eigenvalue weighted by Gasteiger charge is 2.28. The predicted octanol–water partition coefficient (Wildman–Crippen LogP) is 5.33. The summed E-state index contributed by atoms with van der Waals surface area (Å²) in [5.41, 5.74) is 6.75. The number of carbonyl (C=O) groups is 2. The van der Waals surface area contributed by atoms with Gasteiger partial charge in [0.05, 0.1) is 30.8 Å². The third kappa shape index (κ3) is 4.97. The van der Waals surface area contributed by atoms with Crippen LogP contribution < -0.4 is 4.90 Å². The van der Waals surface area contributed by atoms with Crippen molar-refractivity contribution < 1.29 is 14.3 Å². The van der Waals surface area contributed by atoms with E-state index in [1.54, 1.807) is 29.2 Å². The molecule has 1 aliphatic carbocycles. The van der Waals surface area contributed by atoms with E-state index < -0.39 is 0 Å². The van der Waals surface area contributed by atoms with Gasteiger partial charge in [-0.2, -0.15) is 0 Å². The molecule has 6 rings (SSSR count). The maximum atomic E-state index is 14.0. The van der Waals surface area contributed by atoms with Gasteiger partial charge in [-0.05, 0) is 54.2 Å². The largest absolute Gasteiger partial charge is 0.372 e. The molecule has 0 atom stereocenters. The van der Waals surface area contributed by atoms with Crippen LogP contribution in [0.3, 0.4) is 0 Å². The molecule has 2 aliphatic rings. The van der Waals surface area contributed by atoms with Gasteiger partial charge in [-0.15, -0.1) is 0 Å². The molecule has 9 heteroatoms. The molecule has 1 aliphatic heterocycles. The minimum absolute atomic E-state index is 0.199. The minimum Gasteiger partial charge on any atom is -0.372 e. The van der Waals surface area contributed by atoms with Gasteiger partial charge in [0, 0.05) is 48.5 Å². The Morgan fingerprint density at radius 3 is 2.62 bits per heavy atom. The Kier molecular flexibility index (Phi) is 6.74. The smallest absolute Gasteiger partial charge is 0.261 e. The quantitative estimate of drug-likeness (QED) is 0.221. The van der Waals surface area contributed by atoms with Crippen LogP contribution in [0.5, 0.6) is 0 Å². The molecular formula is C30H28ClN5O3. The molecule has 0 spiro atoms. The molecule has 39 heavy (non-hydrogen) atoms. The minimum atomic E-state index is -0.199. The second-order valence-corrected chi connectivity index (χ2v) is 10.6. The maximum absolute atomic E-state index is 14.0. The van der Waals surface area contributed by atoms with Crippen LogP contribution in [0.15, 0.2) is 48.8 Å². The third-order valence-electron chi connectivity index (χ3n) is 7.47. The average molecular weight is 542 g/mol. The molecule has 0 N–H and O–H groups in total. The van der Waals surface area contributed by atoms with E-state index in [1.807, 2.05) is 43.3 Å². The normalized spacial score (nSPS) is 14.3. The molecular weight excluding hydrogens is 514 g/mol. The SMILES string of the molecule is Cc1c(CN(C)C=O)cccc1N(Cc1ccc2c3c(c(Cl)nc2c1)COC3)C(=O)c1cnc(C2CC2)nc1. The van der Waals surface area contributed by atoms with Crippen molar-refractivity contribution in [1.82, 2.24) is 19.9 Å². The number of ether oxygens (including phenoxy) is 1. The first kappa shape index (κ1) is 25.4. The molecule has 8 nitrogen and oxygen atoms in total. The van der Waals surface area contributed by atoms with Crippen molar-refractivity contribution in [2.45, 2.75) is 52.0 Å². The Balaban J connectivity index is 1.39. The number of aromatic nitrogens is 3. The van der Waals surface area contributed by atoms with Crippen LogP contribution in [-0.2, 0) is 35.8 Å². The van der Waals surface area contributed by atoms with Crippen molar-refractivity contribution in [3.8, 4) is 0 Å². The van der Waals surface area contributed by atoms with E-state index in [0.717, 1.165) is 69.5 Å². The molecule has 0 bridgehead atoms. The highest BCUT2D eigenvalue weighted by Crippen LogP contribution is 2.38. The van der Waals surface area contributed by atoms with E-state index >= 15 is 0 Å². The van der Waals surface area contributed by atoms with Crippen molar-refractivity contribution in [3.05, 3.63) is 93.2 Å². The number of anilines is 1. The monoisotopic (exact) mass is 541 g/mol. The summed E-state index contributed by atoms with van der Waals surface area (Å²) >= 11 is 6.47. The zero-order valence-electron chi connectivity index (χ0n) is 21.9. The fourth-order valence-corrected chi connectivity index (χ4v) is 5.36. The number of amides is 2. The van der Waals surface area contributed by atoms with Crippen LogP contribution in [0.25, 0.3) is 10.9 Å². The Morgan fingerprint density at radius 1 is 1.10 bits per heavy atom. The summed E-state index contributed by atoms with van der Waals surface area (Å²) in [6, 6.07) is 11.8. The Morgan fingerprint density at radius 2 is 1.87 bits per heavy atom. The second-order valence-electron chi connectivity index (χ2n) is 10.3. The van der Waals surface area contributed by atoms with E-state index in [4.69, 9.17) is 16.3 Å². The average Bonchev–Trinajstić information content (AvgIpc) is 3.68. The van der Waals surface area contributed by atoms with Crippen molar-refractivity contribution in [2.24, 2.45) is 0 Å². The molecule has 0 saturated heterocycles. The maximum Gasteiger partial charge on any atom is 0.261 e. The first-order valence-corrected chi connectivity index (χ1v) is 13.4. The second kappa shape index (κ2) is 10.4. The summed E-state index contributed by atoms with van der Waals surface area (Å²) in [5.74, 6) is 1.000. The summed E-state index contributed by atoms with van der Waals surface area (Å²) in [6.45, 7) is 3.70. The van der Waals surface area contributed by atoms with Gasteiger partial charge in [0.2, 0.25) is 6.41 Å². The van der Waals surface area contributed by atoms with Gasteiger partial charge in [0.25, 0.3) is 5.91 Å². The van der Waals surface area contributed by atoms with Gasteiger partial charge in [-0.1, -0.05) is 35.9 Å². The Hall–Kier alpha value is -3.88. The lowest BCUT2D eigenvalue weighted by atomic mass is 10.0. The van der Waals surface area contributed by atoms with Crippen molar-refractivity contribution >= 4 is 40.5 Å². The van der Waals surface area contributed by atoms with E-state index in [-0.39, 0.29) is 5.91 Å². The number of nitrogens with zero attached hydrogens (tertiary/aromatic N) is 5. The summed E-state index contributed by atoms with van der Waals surface area (Å²) < 4.78 is 5.61. The van der Waals surface area contributed by atoms with Crippen molar-refractivity contribution in [1.29, 1.82) is 0 Å². The Bertz CT molecular complexity index is 1590. The molecule has 0 unspecified atom stereocenters. The van der Waals surface area contributed by atoms with Crippen LogP contribution in [0, 0.1) is 6.92 Å². The van der Waals surface area contributed by atoms with E-state index in [0.29, 0.717) is 42.9 Å². The molecule has 2 amide bonds. The Labute approximate surface area is 231 Å².